The first-order valence-corrected chi connectivity index (χ1v) is 7.80. The first-order valence-electron chi connectivity index (χ1n) is 7.80. The highest BCUT2D eigenvalue weighted by atomic mass is 19.4. The Balaban J connectivity index is 1.78. The van der Waals surface area contributed by atoms with Crippen LogP contribution < -0.4 is 10.1 Å². The monoisotopic (exact) mass is 379 g/mol. The van der Waals surface area contributed by atoms with Gasteiger partial charge in [-0.1, -0.05) is 12.1 Å². The smallest absolute Gasteiger partial charge is 0.406 e. The van der Waals surface area contributed by atoms with Gasteiger partial charge in [-0.05, 0) is 30.7 Å². The number of nitrogens with zero attached hydrogens (tertiary/aromatic N) is 2. The second kappa shape index (κ2) is 7.18. The number of carbonyl (C=O) groups is 1. The van der Waals surface area contributed by atoms with Crippen molar-refractivity contribution in [3.63, 3.8) is 0 Å². The van der Waals surface area contributed by atoms with Crippen LogP contribution in [0.25, 0.3) is 11.0 Å². The molecule has 0 radical (unpaired) electrons. The van der Waals surface area contributed by atoms with Crippen LogP contribution in [-0.2, 0) is 0 Å². The zero-order chi connectivity index (χ0) is 19.6. The van der Waals surface area contributed by atoms with E-state index >= 15 is 0 Å². The fourth-order valence-electron chi connectivity index (χ4n) is 2.53. The van der Waals surface area contributed by atoms with Crippen molar-refractivity contribution in [3.8, 4) is 5.75 Å². The molecular weight excluding hydrogens is 366 g/mol. The zero-order valence-corrected chi connectivity index (χ0v) is 13.9. The Kier molecular flexibility index (Phi) is 4.93. The van der Waals surface area contributed by atoms with Crippen LogP contribution in [-0.4, -0.2) is 22.2 Å². The van der Waals surface area contributed by atoms with Crippen LogP contribution in [0.15, 0.2) is 48.8 Å². The summed E-state index contributed by atoms with van der Waals surface area (Å²) in [5, 5.41) is 2.66. The number of halogens is 4. The summed E-state index contributed by atoms with van der Waals surface area (Å²) in [5.41, 5.74) is 1.05. The number of aromatic nitrogens is 2. The molecule has 1 atom stereocenters. The van der Waals surface area contributed by atoms with Gasteiger partial charge < -0.3 is 10.1 Å². The quantitative estimate of drug-likeness (QED) is 0.692. The highest BCUT2D eigenvalue weighted by Crippen LogP contribution is 2.25. The molecule has 0 saturated carbocycles. The number of alkyl halides is 3. The Morgan fingerprint density at radius 1 is 1.11 bits per heavy atom. The van der Waals surface area contributed by atoms with E-state index in [1.165, 1.54) is 30.6 Å². The fraction of sp³-hybridized carbons (Fsp3) is 0.167. The molecular formula is C18H13F4N3O2. The lowest BCUT2D eigenvalue weighted by Gasteiger charge is -2.16. The van der Waals surface area contributed by atoms with Gasteiger partial charge in [-0.3, -0.25) is 14.8 Å². The Morgan fingerprint density at radius 3 is 2.44 bits per heavy atom. The zero-order valence-electron chi connectivity index (χ0n) is 13.9. The molecule has 5 nitrogen and oxygen atoms in total. The van der Waals surface area contributed by atoms with Gasteiger partial charge in [0.25, 0.3) is 5.91 Å². The van der Waals surface area contributed by atoms with Crippen molar-refractivity contribution in [1.29, 1.82) is 0 Å². The summed E-state index contributed by atoms with van der Waals surface area (Å²) in [7, 11) is 0. The Labute approximate surface area is 151 Å². The SMILES string of the molecule is CC(NC(=O)c1cc(F)cc2nccnc12)c1ccc(OC(F)(F)F)cc1. The summed E-state index contributed by atoms with van der Waals surface area (Å²) in [6.07, 6.45) is -2.00. The molecule has 0 spiro atoms. The van der Waals surface area contributed by atoms with Crippen LogP contribution in [0.3, 0.4) is 0 Å². The third kappa shape index (κ3) is 4.49. The van der Waals surface area contributed by atoms with E-state index in [0.717, 1.165) is 18.2 Å². The van der Waals surface area contributed by atoms with Crippen LogP contribution in [0.4, 0.5) is 17.6 Å². The topological polar surface area (TPSA) is 64.1 Å². The van der Waals surface area contributed by atoms with Crippen molar-refractivity contribution in [1.82, 2.24) is 15.3 Å². The number of hydrogen-bond donors (Lipinski definition) is 1. The first-order chi connectivity index (χ1) is 12.7. The highest BCUT2D eigenvalue weighted by molar-refractivity contribution is 6.04. The van der Waals surface area contributed by atoms with Gasteiger partial charge in [-0.25, -0.2) is 4.39 Å². The van der Waals surface area contributed by atoms with Crippen molar-refractivity contribution in [2.24, 2.45) is 0 Å². The summed E-state index contributed by atoms with van der Waals surface area (Å²) in [5.74, 6) is -1.58. The third-order valence-corrected chi connectivity index (χ3v) is 3.74. The van der Waals surface area contributed by atoms with Crippen LogP contribution in [0.2, 0.25) is 0 Å². The third-order valence-electron chi connectivity index (χ3n) is 3.74. The maximum atomic E-state index is 13.7. The number of fused-ring (bicyclic) bond motifs is 1. The maximum absolute atomic E-state index is 13.7. The molecule has 3 rings (SSSR count). The number of carbonyl (C=O) groups excluding carboxylic acids is 1. The summed E-state index contributed by atoms with van der Waals surface area (Å²) in [6.45, 7) is 1.64. The van der Waals surface area contributed by atoms with Crippen LogP contribution in [0.5, 0.6) is 5.75 Å². The van der Waals surface area contributed by atoms with E-state index < -0.39 is 24.1 Å². The van der Waals surface area contributed by atoms with Gasteiger partial charge in [0.2, 0.25) is 0 Å². The maximum Gasteiger partial charge on any atom is 0.573 e. The number of hydrogen-bond acceptors (Lipinski definition) is 4. The second-order valence-corrected chi connectivity index (χ2v) is 5.69. The van der Waals surface area contributed by atoms with Gasteiger partial charge in [0.05, 0.1) is 17.1 Å². The van der Waals surface area contributed by atoms with Crippen molar-refractivity contribution >= 4 is 16.9 Å². The minimum atomic E-state index is -4.78. The Hall–Kier alpha value is -3.23. The molecule has 1 aromatic heterocycles. The number of benzene rings is 2. The van der Waals surface area contributed by atoms with Crippen molar-refractivity contribution in [2.75, 3.05) is 0 Å². The van der Waals surface area contributed by atoms with Crippen LogP contribution in [0.1, 0.15) is 28.9 Å². The molecule has 140 valence electrons. The molecule has 9 heteroatoms. The van der Waals surface area contributed by atoms with E-state index in [0.29, 0.717) is 5.56 Å². The number of rotatable bonds is 4. The number of nitrogens with one attached hydrogen (secondary N) is 1. The first kappa shape index (κ1) is 18.6. The molecule has 0 aliphatic heterocycles. The predicted octanol–water partition coefficient (Wildman–Crippen LogP) is 4.16. The molecule has 1 amide bonds. The molecule has 1 heterocycles. The Morgan fingerprint density at radius 2 is 1.78 bits per heavy atom. The van der Waals surface area contributed by atoms with Crippen molar-refractivity contribution in [2.45, 2.75) is 19.3 Å². The molecule has 1 unspecified atom stereocenters. The average molecular weight is 379 g/mol. The summed E-state index contributed by atoms with van der Waals surface area (Å²) in [6, 6.07) is 6.77. The van der Waals surface area contributed by atoms with Crippen molar-refractivity contribution in [3.05, 3.63) is 65.7 Å². The van der Waals surface area contributed by atoms with Gasteiger partial charge in [-0.15, -0.1) is 13.2 Å². The lowest BCUT2D eigenvalue weighted by atomic mass is 10.1. The summed E-state index contributed by atoms with van der Waals surface area (Å²) >= 11 is 0. The van der Waals surface area contributed by atoms with E-state index in [1.54, 1.807) is 6.92 Å². The molecule has 3 aromatic rings. The summed E-state index contributed by atoms with van der Waals surface area (Å²) in [4.78, 5) is 20.6. The van der Waals surface area contributed by atoms with Gasteiger partial charge >= 0.3 is 6.36 Å². The van der Waals surface area contributed by atoms with E-state index in [-0.39, 0.29) is 22.3 Å². The lowest BCUT2D eigenvalue weighted by Crippen LogP contribution is -2.27. The molecule has 0 fully saturated rings. The molecule has 27 heavy (non-hydrogen) atoms. The lowest BCUT2D eigenvalue weighted by molar-refractivity contribution is -0.274. The largest absolute Gasteiger partial charge is 0.573 e. The normalized spacial score (nSPS) is 12.6. The average Bonchev–Trinajstić information content (AvgIpc) is 2.60. The van der Waals surface area contributed by atoms with Gasteiger partial charge in [-0.2, -0.15) is 0 Å². The minimum absolute atomic E-state index is 0.0157. The second-order valence-electron chi connectivity index (χ2n) is 5.69. The highest BCUT2D eigenvalue weighted by Gasteiger charge is 2.31. The van der Waals surface area contributed by atoms with Gasteiger partial charge in [0.15, 0.2) is 0 Å². The fourth-order valence-corrected chi connectivity index (χ4v) is 2.53. The molecule has 0 aliphatic carbocycles. The summed E-state index contributed by atoms with van der Waals surface area (Å²) < 4.78 is 54.1. The van der Waals surface area contributed by atoms with Crippen molar-refractivity contribution < 1.29 is 27.1 Å². The predicted molar refractivity (Wildman–Crippen MR) is 88.5 cm³/mol. The molecule has 2 aromatic carbocycles. The Bertz CT molecular complexity index is 974. The van der Waals surface area contributed by atoms with E-state index in [9.17, 15) is 22.4 Å². The van der Waals surface area contributed by atoms with Gasteiger partial charge in [0.1, 0.15) is 17.1 Å². The molecule has 0 saturated heterocycles. The van der Waals surface area contributed by atoms with Crippen LogP contribution >= 0.6 is 0 Å². The standard InChI is InChI=1S/C18H13F4N3O2/c1-10(11-2-4-13(5-3-11)27-18(20,21)22)25-17(26)14-8-12(19)9-15-16(14)24-7-6-23-15/h2-10H,1H3,(H,25,26). The number of ether oxygens (including phenoxy) is 1. The van der Waals surface area contributed by atoms with E-state index in [2.05, 4.69) is 20.0 Å². The van der Waals surface area contributed by atoms with E-state index in [1.807, 2.05) is 0 Å². The minimum Gasteiger partial charge on any atom is -0.406 e. The molecule has 0 bridgehead atoms. The molecule has 1 N–H and O–H groups in total. The van der Waals surface area contributed by atoms with Crippen LogP contribution in [0, 0.1) is 5.82 Å². The number of amides is 1. The molecule has 0 aliphatic rings. The van der Waals surface area contributed by atoms with E-state index in [4.69, 9.17) is 0 Å². The van der Waals surface area contributed by atoms with Gasteiger partial charge in [0, 0.05) is 18.5 Å².